The topological polar surface area (TPSA) is 71.1 Å². The number of thiazole rings is 1. The zero-order valence-electron chi connectivity index (χ0n) is 14.6. The summed E-state index contributed by atoms with van der Waals surface area (Å²) in [5.74, 6) is -0.371. The van der Waals surface area contributed by atoms with Gasteiger partial charge in [0.1, 0.15) is 0 Å². The quantitative estimate of drug-likeness (QED) is 0.882. The van der Waals surface area contributed by atoms with Crippen LogP contribution in [0.4, 0.5) is 5.69 Å². The summed E-state index contributed by atoms with van der Waals surface area (Å²) in [7, 11) is 0. The van der Waals surface area contributed by atoms with E-state index in [0.717, 1.165) is 10.7 Å². The Morgan fingerprint density at radius 1 is 1.21 bits per heavy atom. The minimum atomic E-state index is -0.533. The van der Waals surface area contributed by atoms with Gasteiger partial charge in [0.05, 0.1) is 28.0 Å². The van der Waals surface area contributed by atoms with Crippen LogP contribution >= 0.6 is 11.3 Å². The van der Waals surface area contributed by atoms with Crippen molar-refractivity contribution >= 4 is 28.8 Å². The van der Waals surface area contributed by atoms with Crippen LogP contribution < -0.4 is 10.6 Å². The van der Waals surface area contributed by atoms with E-state index in [4.69, 9.17) is 0 Å². The van der Waals surface area contributed by atoms with Crippen LogP contribution in [0.25, 0.3) is 0 Å². The molecule has 0 aliphatic heterocycles. The number of hydrogen-bond donors (Lipinski definition) is 2. The number of nitrogens with one attached hydrogen (secondary N) is 2. The predicted molar refractivity (Wildman–Crippen MR) is 97.3 cm³/mol. The molecule has 6 heteroatoms. The van der Waals surface area contributed by atoms with Crippen LogP contribution in [0.2, 0.25) is 0 Å². The van der Waals surface area contributed by atoms with E-state index in [-0.39, 0.29) is 17.9 Å². The molecular weight excluding hydrogens is 322 g/mol. The second-order valence-electron chi connectivity index (χ2n) is 6.74. The van der Waals surface area contributed by atoms with Gasteiger partial charge in [-0.3, -0.25) is 9.59 Å². The Morgan fingerprint density at radius 3 is 2.46 bits per heavy atom. The lowest BCUT2D eigenvalue weighted by atomic mass is 9.95. The van der Waals surface area contributed by atoms with Crippen LogP contribution in [-0.4, -0.2) is 16.8 Å². The highest BCUT2D eigenvalue weighted by molar-refractivity contribution is 7.09. The fraction of sp³-hybridized carbons (Fsp3) is 0.389. The lowest BCUT2D eigenvalue weighted by Crippen LogP contribution is -2.31. The SMILES string of the molecule is Cc1nc([C@H](C)NC(=O)c2ccccc2NC(=O)C(C)(C)C)cs1. The smallest absolute Gasteiger partial charge is 0.253 e. The minimum Gasteiger partial charge on any atom is -0.344 e. The Labute approximate surface area is 146 Å². The zero-order chi connectivity index (χ0) is 17.9. The molecule has 1 aromatic heterocycles. The molecule has 0 saturated carbocycles. The molecular formula is C18H23N3O2S. The number of carbonyl (C=O) groups excluding carboxylic acids is 2. The van der Waals surface area contributed by atoms with Gasteiger partial charge in [0.2, 0.25) is 5.91 Å². The summed E-state index contributed by atoms with van der Waals surface area (Å²) in [6.07, 6.45) is 0. The molecule has 5 nitrogen and oxygen atoms in total. The Bertz CT molecular complexity index is 747. The summed E-state index contributed by atoms with van der Waals surface area (Å²) in [6, 6.07) is 6.80. The van der Waals surface area contributed by atoms with E-state index >= 15 is 0 Å². The van der Waals surface area contributed by atoms with Crippen molar-refractivity contribution in [1.82, 2.24) is 10.3 Å². The molecule has 0 aliphatic rings. The molecule has 0 radical (unpaired) electrons. The van der Waals surface area contributed by atoms with Crippen molar-refractivity contribution in [2.45, 2.75) is 40.7 Å². The highest BCUT2D eigenvalue weighted by atomic mass is 32.1. The third-order valence-corrected chi connectivity index (χ3v) is 4.32. The summed E-state index contributed by atoms with van der Waals surface area (Å²) in [6.45, 7) is 9.32. The fourth-order valence-corrected chi connectivity index (χ4v) is 2.73. The van der Waals surface area contributed by atoms with Crippen LogP contribution in [0.15, 0.2) is 29.6 Å². The van der Waals surface area contributed by atoms with Gasteiger partial charge in [-0.1, -0.05) is 32.9 Å². The number of aromatic nitrogens is 1. The maximum absolute atomic E-state index is 12.6. The third kappa shape index (κ3) is 4.41. The van der Waals surface area contributed by atoms with Crippen molar-refractivity contribution < 1.29 is 9.59 Å². The minimum absolute atomic E-state index is 0.133. The van der Waals surface area contributed by atoms with Crippen molar-refractivity contribution in [3.8, 4) is 0 Å². The van der Waals surface area contributed by atoms with Gasteiger partial charge in [0.15, 0.2) is 0 Å². The molecule has 2 amide bonds. The molecule has 0 unspecified atom stereocenters. The summed E-state index contributed by atoms with van der Waals surface area (Å²) in [5, 5.41) is 8.67. The van der Waals surface area contributed by atoms with Gasteiger partial charge in [-0.05, 0) is 26.0 Å². The largest absolute Gasteiger partial charge is 0.344 e. The highest BCUT2D eigenvalue weighted by Gasteiger charge is 2.23. The first-order chi connectivity index (χ1) is 11.2. The first-order valence-electron chi connectivity index (χ1n) is 7.82. The normalized spacial score (nSPS) is 12.5. The molecule has 24 heavy (non-hydrogen) atoms. The standard InChI is InChI=1S/C18H23N3O2S/c1-11(15-10-24-12(2)20-15)19-16(22)13-8-6-7-9-14(13)21-17(23)18(3,4)5/h6-11H,1-5H3,(H,19,22)(H,21,23)/t11-/m0/s1. The molecule has 0 aliphatic carbocycles. The van der Waals surface area contributed by atoms with Crippen molar-refractivity contribution in [2.24, 2.45) is 5.41 Å². The molecule has 0 saturated heterocycles. The highest BCUT2D eigenvalue weighted by Crippen LogP contribution is 2.22. The van der Waals surface area contributed by atoms with Gasteiger partial charge in [-0.15, -0.1) is 11.3 Å². The van der Waals surface area contributed by atoms with Crippen LogP contribution in [0.1, 0.15) is 54.8 Å². The van der Waals surface area contributed by atoms with Gasteiger partial charge in [0.25, 0.3) is 5.91 Å². The number of amides is 2. The molecule has 2 aromatic rings. The van der Waals surface area contributed by atoms with Crippen molar-refractivity contribution in [2.75, 3.05) is 5.32 Å². The Morgan fingerprint density at radius 2 is 1.88 bits per heavy atom. The van der Waals surface area contributed by atoms with E-state index in [9.17, 15) is 9.59 Å². The van der Waals surface area contributed by atoms with Gasteiger partial charge in [-0.2, -0.15) is 0 Å². The number of anilines is 1. The molecule has 128 valence electrons. The number of carbonyl (C=O) groups is 2. The molecule has 1 heterocycles. The molecule has 2 rings (SSSR count). The van der Waals surface area contributed by atoms with Gasteiger partial charge >= 0.3 is 0 Å². The number of para-hydroxylation sites is 1. The number of benzene rings is 1. The molecule has 1 atom stereocenters. The number of hydrogen-bond acceptors (Lipinski definition) is 4. The Hall–Kier alpha value is -2.21. The third-order valence-electron chi connectivity index (χ3n) is 3.53. The van der Waals surface area contributed by atoms with E-state index in [1.54, 1.807) is 35.6 Å². The van der Waals surface area contributed by atoms with E-state index in [1.165, 1.54) is 0 Å². The lowest BCUT2D eigenvalue weighted by Gasteiger charge is -2.20. The zero-order valence-corrected chi connectivity index (χ0v) is 15.5. The summed E-state index contributed by atoms with van der Waals surface area (Å²) in [5.41, 5.74) is 1.25. The van der Waals surface area contributed by atoms with E-state index < -0.39 is 5.41 Å². The Balaban J connectivity index is 2.16. The van der Waals surface area contributed by atoms with Crippen molar-refractivity contribution in [3.05, 3.63) is 45.9 Å². The predicted octanol–water partition coefficient (Wildman–Crippen LogP) is 3.93. The monoisotopic (exact) mass is 345 g/mol. The van der Waals surface area contributed by atoms with E-state index in [2.05, 4.69) is 15.6 Å². The number of nitrogens with zero attached hydrogens (tertiary/aromatic N) is 1. The average molecular weight is 345 g/mol. The van der Waals surface area contributed by atoms with Crippen molar-refractivity contribution in [1.29, 1.82) is 0 Å². The second-order valence-corrected chi connectivity index (χ2v) is 7.80. The lowest BCUT2D eigenvalue weighted by molar-refractivity contribution is -0.123. The molecule has 0 fully saturated rings. The van der Waals surface area contributed by atoms with Gasteiger partial charge in [0, 0.05) is 10.8 Å². The average Bonchev–Trinajstić information content (AvgIpc) is 2.93. The van der Waals surface area contributed by atoms with Crippen LogP contribution in [-0.2, 0) is 4.79 Å². The van der Waals surface area contributed by atoms with Crippen LogP contribution in [0.5, 0.6) is 0 Å². The maximum atomic E-state index is 12.6. The maximum Gasteiger partial charge on any atom is 0.253 e. The van der Waals surface area contributed by atoms with Gasteiger partial charge < -0.3 is 10.6 Å². The first kappa shape index (κ1) is 18.1. The number of rotatable bonds is 4. The van der Waals surface area contributed by atoms with E-state index in [0.29, 0.717) is 11.3 Å². The van der Waals surface area contributed by atoms with E-state index in [1.807, 2.05) is 40.0 Å². The molecule has 0 bridgehead atoms. The second kappa shape index (κ2) is 7.13. The summed E-state index contributed by atoms with van der Waals surface area (Å²) in [4.78, 5) is 29.2. The molecule has 0 spiro atoms. The molecule has 2 N–H and O–H groups in total. The van der Waals surface area contributed by atoms with Crippen molar-refractivity contribution in [3.63, 3.8) is 0 Å². The van der Waals surface area contributed by atoms with Gasteiger partial charge in [-0.25, -0.2) is 4.98 Å². The summed E-state index contributed by atoms with van der Waals surface area (Å²) >= 11 is 1.55. The Kier molecular flexibility index (Phi) is 5.39. The number of aryl methyl sites for hydroxylation is 1. The van der Waals surface area contributed by atoms with Crippen LogP contribution in [0.3, 0.4) is 0 Å². The fourth-order valence-electron chi connectivity index (χ4n) is 2.03. The molecule has 1 aromatic carbocycles. The first-order valence-corrected chi connectivity index (χ1v) is 8.70. The van der Waals surface area contributed by atoms with Crippen LogP contribution in [0, 0.1) is 12.3 Å². The summed E-state index contributed by atoms with van der Waals surface area (Å²) < 4.78 is 0.